The maximum atomic E-state index is 5.99. The summed E-state index contributed by atoms with van der Waals surface area (Å²) in [6.07, 6.45) is 3.68. The predicted octanol–water partition coefficient (Wildman–Crippen LogP) is 4.73. The van der Waals surface area contributed by atoms with Gasteiger partial charge in [-0.25, -0.2) is 4.52 Å². The molecule has 2 aromatic heterocycles. The summed E-state index contributed by atoms with van der Waals surface area (Å²) in [6.45, 7) is 8.73. The van der Waals surface area contributed by atoms with Crippen molar-refractivity contribution >= 4 is 5.52 Å². The first-order chi connectivity index (χ1) is 9.93. The molecule has 1 aromatic carbocycles. The van der Waals surface area contributed by atoms with E-state index in [1.807, 2.05) is 35.0 Å². The first-order valence-corrected chi connectivity index (χ1v) is 7.16. The number of fused-ring (bicyclic) bond motifs is 1. The molecule has 0 aliphatic carbocycles. The topological polar surface area (TPSA) is 26.5 Å². The van der Waals surface area contributed by atoms with Gasteiger partial charge in [-0.3, -0.25) is 0 Å². The zero-order valence-electron chi connectivity index (χ0n) is 12.9. The van der Waals surface area contributed by atoms with Gasteiger partial charge in [-0.15, -0.1) is 0 Å². The molecule has 21 heavy (non-hydrogen) atoms. The fraction of sp³-hybridized carbons (Fsp3) is 0.278. The lowest BCUT2D eigenvalue weighted by molar-refractivity contribution is 0.473. The minimum atomic E-state index is 0.150. The number of ether oxygens (including phenoxy) is 1. The maximum absolute atomic E-state index is 5.99. The third kappa shape index (κ3) is 2.77. The van der Waals surface area contributed by atoms with Crippen LogP contribution in [0.1, 0.15) is 31.9 Å². The van der Waals surface area contributed by atoms with Gasteiger partial charge in [-0.05, 0) is 47.7 Å². The first-order valence-electron chi connectivity index (χ1n) is 7.16. The van der Waals surface area contributed by atoms with Gasteiger partial charge < -0.3 is 4.74 Å². The molecule has 0 atom stereocenters. The van der Waals surface area contributed by atoms with Gasteiger partial charge in [0.25, 0.3) is 0 Å². The van der Waals surface area contributed by atoms with Crippen molar-refractivity contribution < 1.29 is 4.74 Å². The predicted molar refractivity (Wildman–Crippen MR) is 85.1 cm³/mol. The second-order valence-corrected chi connectivity index (χ2v) is 6.40. The Kier molecular flexibility index (Phi) is 3.20. The van der Waals surface area contributed by atoms with E-state index >= 15 is 0 Å². The average molecular weight is 280 g/mol. The Hall–Kier alpha value is -2.29. The molecule has 0 bridgehead atoms. The number of nitrogens with zero attached hydrogens (tertiary/aromatic N) is 2. The van der Waals surface area contributed by atoms with Crippen LogP contribution in [-0.2, 0) is 5.41 Å². The van der Waals surface area contributed by atoms with Crippen LogP contribution in [0.2, 0.25) is 0 Å². The molecule has 3 aromatic rings. The molecule has 3 heteroatoms. The number of aromatic nitrogens is 2. The summed E-state index contributed by atoms with van der Waals surface area (Å²) in [6, 6.07) is 12.3. The van der Waals surface area contributed by atoms with Crippen LogP contribution in [0.3, 0.4) is 0 Å². The van der Waals surface area contributed by atoms with Crippen molar-refractivity contribution in [3.05, 3.63) is 59.9 Å². The highest BCUT2D eigenvalue weighted by Gasteiger charge is 2.15. The van der Waals surface area contributed by atoms with Crippen LogP contribution in [0.15, 0.2) is 48.8 Å². The molecule has 108 valence electrons. The standard InChI is InChI=1S/C18H20N2O/c1-13-11-14(18(2,3)4)5-8-17(13)21-16-7-6-15-9-10-19-20(15)12-16/h5-12H,1-4H3. The van der Waals surface area contributed by atoms with Crippen molar-refractivity contribution in [2.45, 2.75) is 33.1 Å². The van der Waals surface area contributed by atoms with Gasteiger partial charge in [-0.1, -0.05) is 32.9 Å². The summed E-state index contributed by atoms with van der Waals surface area (Å²) < 4.78 is 7.81. The van der Waals surface area contributed by atoms with Crippen LogP contribution >= 0.6 is 0 Å². The zero-order valence-corrected chi connectivity index (χ0v) is 12.9. The Morgan fingerprint density at radius 3 is 2.57 bits per heavy atom. The van der Waals surface area contributed by atoms with Gasteiger partial charge in [0.2, 0.25) is 0 Å². The van der Waals surface area contributed by atoms with Gasteiger partial charge in [0.15, 0.2) is 0 Å². The molecule has 0 saturated carbocycles. The lowest BCUT2D eigenvalue weighted by atomic mass is 9.86. The van der Waals surface area contributed by atoms with Crippen molar-refractivity contribution in [1.29, 1.82) is 0 Å². The summed E-state index contributed by atoms with van der Waals surface area (Å²) >= 11 is 0. The van der Waals surface area contributed by atoms with Crippen molar-refractivity contribution in [2.75, 3.05) is 0 Å². The fourth-order valence-corrected chi connectivity index (χ4v) is 2.31. The Morgan fingerprint density at radius 2 is 1.86 bits per heavy atom. The summed E-state index contributed by atoms with van der Waals surface area (Å²) in [5.74, 6) is 1.67. The van der Waals surface area contributed by atoms with Crippen LogP contribution in [0.4, 0.5) is 0 Å². The number of aryl methyl sites for hydroxylation is 1. The highest BCUT2D eigenvalue weighted by Crippen LogP contribution is 2.30. The molecular weight excluding hydrogens is 260 g/mol. The molecule has 3 nitrogen and oxygen atoms in total. The van der Waals surface area contributed by atoms with Crippen LogP contribution in [0.5, 0.6) is 11.5 Å². The first kappa shape index (κ1) is 13.7. The van der Waals surface area contributed by atoms with E-state index in [9.17, 15) is 0 Å². The number of benzene rings is 1. The Bertz CT molecular complexity index is 781. The highest BCUT2D eigenvalue weighted by atomic mass is 16.5. The molecule has 0 saturated heterocycles. The van der Waals surface area contributed by atoms with E-state index in [1.54, 1.807) is 6.20 Å². The molecular formula is C18H20N2O. The second-order valence-electron chi connectivity index (χ2n) is 6.40. The van der Waals surface area contributed by atoms with E-state index < -0.39 is 0 Å². The Balaban J connectivity index is 1.90. The van der Waals surface area contributed by atoms with Gasteiger partial charge in [0, 0.05) is 6.20 Å². The molecule has 3 rings (SSSR count). The van der Waals surface area contributed by atoms with Gasteiger partial charge >= 0.3 is 0 Å². The lowest BCUT2D eigenvalue weighted by Crippen LogP contribution is -2.11. The monoisotopic (exact) mass is 280 g/mol. The van der Waals surface area contributed by atoms with Crippen LogP contribution in [-0.4, -0.2) is 9.61 Å². The highest BCUT2D eigenvalue weighted by molar-refractivity contribution is 5.48. The van der Waals surface area contributed by atoms with E-state index in [0.717, 1.165) is 22.6 Å². The van der Waals surface area contributed by atoms with Gasteiger partial charge in [0.1, 0.15) is 11.5 Å². The number of pyridine rings is 1. The molecule has 0 fully saturated rings. The molecule has 0 aliphatic heterocycles. The third-order valence-corrected chi connectivity index (χ3v) is 3.64. The summed E-state index contributed by atoms with van der Waals surface area (Å²) in [5.41, 5.74) is 3.66. The molecule has 0 N–H and O–H groups in total. The van der Waals surface area contributed by atoms with Crippen LogP contribution < -0.4 is 4.74 Å². The van der Waals surface area contributed by atoms with Crippen molar-refractivity contribution in [2.24, 2.45) is 0 Å². The maximum Gasteiger partial charge on any atom is 0.145 e. The molecule has 0 unspecified atom stereocenters. The molecule has 0 amide bonds. The summed E-state index contributed by atoms with van der Waals surface area (Å²) in [5, 5.41) is 4.23. The largest absolute Gasteiger partial charge is 0.455 e. The van der Waals surface area contributed by atoms with Gasteiger partial charge in [-0.2, -0.15) is 5.10 Å². The van der Waals surface area contributed by atoms with E-state index in [2.05, 4.69) is 44.9 Å². The summed E-state index contributed by atoms with van der Waals surface area (Å²) in [4.78, 5) is 0. The van der Waals surface area contributed by atoms with E-state index in [0.29, 0.717) is 0 Å². The third-order valence-electron chi connectivity index (χ3n) is 3.64. The van der Waals surface area contributed by atoms with E-state index in [1.165, 1.54) is 5.56 Å². The number of hydrogen-bond donors (Lipinski definition) is 0. The zero-order chi connectivity index (χ0) is 15.0. The van der Waals surface area contributed by atoms with Crippen LogP contribution in [0, 0.1) is 6.92 Å². The van der Waals surface area contributed by atoms with Gasteiger partial charge in [0.05, 0.1) is 11.7 Å². The average Bonchev–Trinajstić information content (AvgIpc) is 2.87. The minimum Gasteiger partial charge on any atom is -0.455 e. The van der Waals surface area contributed by atoms with Crippen molar-refractivity contribution in [1.82, 2.24) is 9.61 Å². The Labute approximate surface area is 125 Å². The SMILES string of the molecule is Cc1cc(C(C)(C)C)ccc1Oc1ccc2ccnn2c1. The lowest BCUT2D eigenvalue weighted by Gasteiger charge is -2.20. The minimum absolute atomic E-state index is 0.150. The normalized spacial score (nSPS) is 11.8. The van der Waals surface area contributed by atoms with Crippen molar-refractivity contribution in [3.8, 4) is 11.5 Å². The fourth-order valence-electron chi connectivity index (χ4n) is 2.31. The molecule has 0 spiro atoms. The molecule has 0 aliphatic rings. The smallest absolute Gasteiger partial charge is 0.145 e. The van der Waals surface area contributed by atoms with E-state index in [4.69, 9.17) is 4.74 Å². The number of hydrogen-bond acceptors (Lipinski definition) is 2. The molecule has 2 heterocycles. The van der Waals surface area contributed by atoms with Crippen molar-refractivity contribution in [3.63, 3.8) is 0 Å². The second kappa shape index (κ2) is 4.92. The summed E-state index contributed by atoms with van der Waals surface area (Å²) in [7, 11) is 0. The van der Waals surface area contributed by atoms with E-state index in [-0.39, 0.29) is 5.41 Å². The molecule has 0 radical (unpaired) electrons. The van der Waals surface area contributed by atoms with Crippen LogP contribution in [0.25, 0.3) is 5.52 Å². The Morgan fingerprint density at radius 1 is 1.05 bits per heavy atom. The quantitative estimate of drug-likeness (QED) is 0.678. The number of rotatable bonds is 2.